The van der Waals surface area contributed by atoms with Crippen LogP contribution in [0.2, 0.25) is 0 Å². The van der Waals surface area contributed by atoms with E-state index in [9.17, 15) is 15.0 Å². The molecule has 0 aromatic heterocycles. The van der Waals surface area contributed by atoms with Gasteiger partial charge in [0.2, 0.25) is 0 Å². The summed E-state index contributed by atoms with van der Waals surface area (Å²) in [6.45, 7) is 1.55. The lowest BCUT2D eigenvalue weighted by atomic mass is 10.0. The molecule has 0 saturated heterocycles. The first-order valence-corrected chi connectivity index (χ1v) is 4.79. The number of hydrogen-bond donors (Lipinski definition) is 1. The summed E-state index contributed by atoms with van der Waals surface area (Å²) in [6.07, 6.45) is 0. The highest BCUT2D eigenvalue weighted by atomic mass is 127. The van der Waals surface area contributed by atoms with Crippen molar-refractivity contribution in [3.8, 4) is 5.75 Å². The molecule has 1 atom stereocenters. The lowest BCUT2D eigenvalue weighted by molar-refractivity contribution is -0.307. The van der Waals surface area contributed by atoms with Crippen LogP contribution in [0.1, 0.15) is 18.4 Å². The molecule has 1 N–H and O–H groups in total. The van der Waals surface area contributed by atoms with Crippen LogP contribution in [-0.4, -0.2) is 11.1 Å². The molecule has 0 aliphatic carbocycles. The number of carboxylic acid groups (broad SMARTS) is 1. The van der Waals surface area contributed by atoms with Gasteiger partial charge in [-0.2, -0.15) is 0 Å². The lowest BCUT2D eigenvalue weighted by Gasteiger charge is -2.13. The molecule has 3 nitrogen and oxygen atoms in total. The zero-order valence-electron chi connectivity index (χ0n) is 6.95. The van der Waals surface area contributed by atoms with Crippen molar-refractivity contribution >= 4 is 28.6 Å². The topological polar surface area (TPSA) is 60.4 Å². The number of hydrogen-bond acceptors (Lipinski definition) is 3. The fraction of sp³-hybridized carbons (Fsp3) is 0.222. The van der Waals surface area contributed by atoms with E-state index in [0.29, 0.717) is 9.13 Å². The molecule has 1 aromatic rings. The molecule has 0 aliphatic rings. The minimum atomic E-state index is -1.11. The third kappa shape index (κ3) is 2.33. The molecule has 0 heterocycles. The Balaban J connectivity index is 3.03. The summed E-state index contributed by atoms with van der Waals surface area (Å²) in [7, 11) is 0. The SMILES string of the molecule is CC(C(=O)[O-])c1ccc(O)c(I)c1. The summed E-state index contributed by atoms with van der Waals surface area (Å²) in [5, 5.41) is 19.7. The standard InChI is InChI=1S/C9H9IO3/c1-5(9(12)13)6-2-3-8(11)7(10)4-6/h2-5,11H,1H3,(H,12,13)/p-1. The van der Waals surface area contributed by atoms with E-state index in [1.165, 1.54) is 6.07 Å². The molecule has 1 unspecified atom stereocenters. The Morgan fingerprint density at radius 3 is 2.69 bits per heavy atom. The number of rotatable bonds is 2. The first-order valence-electron chi connectivity index (χ1n) is 3.71. The molecule has 0 spiro atoms. The number of aliphatic carboxylic acids is 1. The highest BCUT2D eigenvalue weighted by Crippen LogP contribution is 2.24. The van der Waals surface area contributed by atoms with Crippen molar-refractivity contribution in [1.29, 1.82) is 0 Å². The Labute approximate surface area is 89.5 Å². The zero-order chi connectivity index (χ0) is 10.0. The van der Waals surface area contributed by atoms with Crippen LogP contribution in [0.25, 0.3) is 0 Å². The third-order valence-corrected chi connectivity index (χ3v) is 2.69. The van der Waals surface area contributed by atoms with Crippen LogP contribution in [-0.2, 0) is 4.79 Å². The van der Waals surface area contributed by atoms with E-state index < -0.39 is 11.9 Å². The number of carboxylic acids is 1. The van der Waals surface area contributed by atoms with Gasteiger partial charge in [-0.05, 0) is 40.3 Å². The van der Waals surface area contributed by atoms with Gasteiger partial charge in [0, 0.05) is 11.9 Å². The van der Waals surface area contributed by atoms with Crippen LogP contribution < -0.4 is 5.11 Å². The summed E-state index contributed by atoms with van der Waals surface area (Å²) in [6, 6.07) is 4.70. The maximum absolute atomic E-state index is 10.5. The molecule has 0 bridgehead atoms. The van der Waals surface area contributed by atoms with Gasteiger partial charge in [0.15, 0.2) is 0 Å². The van der Waals surface area contributed by atoms with Crippen LogP contribution in [0.4, 0.5) is 0 Å². The highest BCUT2D eigenvalue weighted by Gasteiger charge is 2.07. The zero-order valence-corrected chi connectivity index (χ0v) is 9.11. The van der Waals surface area contributed by atoms with Crippen molar-refractivity contribution in [1.82, 2.24) is 0 Å². The number of carbonyl (C=O) groups is 1. The quantitative estimate of drug-likeness (QED) is 0.822. The fourth-order valence-corrected chi connectivity index (χ4v) is 1.47. The van der Waals surface area contributed by atoms with E-state index in [-0.39, 0.29) is 5.75 Å². The largest absolute Gasteiger partial charge is 0.550 e. The molecule has 1 rings (SSSR count). The number of benzene rings is 1. The van der Waals surface area contributed by atoms with Crippen molar-refractivity contribution in [3.05, 3.63) is 27.3 Å². The van der Waals surface area contributed by atoms with Gasteiger partial charge in [-0.3, -0.25) is 0 Å². The maximum Gasteiger partial charge on any atom is 0.128 e. The molecular formula is C9H8IO3-. The molecule has 0 aliphatic heterocycles. The van der Waals surface area contributed by atoms with Gasteiger partial charge in [0.1, 0.15) is 5.75 Å². The van der Waals surface area contributed by atoms with Crippen molar-refractivity contribution in [2.24, 2.45) is 0 Å². The van der Waals surface area contributed by atoms with E-state index in [0.717, 1.165) is 0 Å². The molecular weight excluding hydrogens is 283 g/mol. The number of aromatic hydroxyl groups is 1. The fourth-order valence-electron chi connectivity index (χ4n) is 0.929. The number of halogens is 1. The molecule has 1 aromatic carbocycles. The first-order chi connectivity index (χ1) is 6.02. The molecule has 70 valence electrons. The van der Waals surface area contributed by atoms with Gasteiger partial charge < -0.3 is 15.0 Å². The second-order valence-electron chi connectivity index (χ2n) is 2.75. The molecule has 0 amide bonds. The van der Waals surface area contributed by atoms with Crippen LogP contribution in [0.5, 0.6) is 5.75 Å². The Kier molecular flexibility index (Phi) is 3.13. The minimum Gasteiger partial charge on any atom is -0.550 e. The molecule has 4 heteroatoms. The van der Waals surface area contributed by atoms with Gasteiger partial charge in [0.05, 0.1) is 3.57 Å². The normalized spacial score (nSPS) is 12.5. The smallest absolute Gasteiger partial charge is 0.128 e. The van der Waals surface area contributed by atoms with Crippen LogP contribution in [0.3, 0.4) is 0 Å². The van der Waals surface area contributed by atoms with Crippen LogP contribution in [0, 0.1) is 3.57 Å². The van der Waals surface area contributed by atoms with Crippen molar-refractivity contribution < 1.29 is 15.0 Å². The Morgan fingerprint density at radius 1 is 1.62 bits per heavy atom. The Hall–Kier alpha value is -0.780. The van der Waals surface area contributed by atoms with Gasteiger partial charge >= 0.3 is 0 Å². The number of phenols is 1. The van der Waals surface area contributed by atoms with Gasteiger partial charge in [-0.15, -0.1) is 0 Å². The van der Waals surface area contributed by atoms with Crippen molar-refractivity contribution in [2.45, 2.75) is 12.8 Å². The Morgan fingerprint density at radius 2 is 2.23 bits per heavy atom. The van der Waals surface area contributed by atoms with Crippen molar-refractivity contribution in [2.75, 3.05) is 0 Å². The summed E-state index contributed by atoms with van der Waals surface area (Å²) in [4.78, 5) is 10.5. The lowest BCUT2D eigenvalue weighted by Crippen LogP contribution is -2.27. The van der Waals surface area contributed by atoms with Gasteiger partial charge in [0.25, 0.3) is 0 Å². The van der Waals surface area contributed by atoms with E-state index in [1.54, 1.807) is 19.1 Å². The minimum absolute atomic E-state index is 0.162. The van der Waals surface area contributed by atoms with Crippen LogP contribution >= 0.6 is 22.6 Å². The average molecular weight is 291 g/mol. The molecule has 13 heavy (non-hydrogen) atoms. The summed E-state index contributed by atoms with van der Waals surface area (Å²) in [5.74, 6) is -1.59. The summed E-state index contributed by atoms with van der Waals surface area (Å²) >= 11 is 1.94. The Bertz CT molecular complexity index is 336. The number of carbonyl (C=O) groups excluding carboxylic acids is 1. The maximum atomic E-state index is 10.5. The average Bonchev–Trinajstić information content (AvgIpc) is 2.08. The van der Waals surface area contributed by atoms with E-state index in [1.807, 2.05) is 22.6 Å². The van der Waals surface area contributed by atoms with Gasteiger partial charge in [-0.25, -0.2) is 0 Å². The second kappa shape index (κ2) is 3.95. The molecule has 0 radical (unpaired) electrons. The third-order valence-electron chi connectivity index (χ3n) is 1.83. The predicted molar refractivity (Wildman–Crippen MR) is 54.2 cm³/mol. The summed E-state index contributed by atoms with van der Waals surface area (Å²) < 4.78 is 0.642. The highest BCUT2D eigenvalue weighted by molar-refractivity contribution is 14.1. The predicted octanol–water partition coefficient (Wildman–Crippen LogP) is 0.850. The number of phenolic OH excluding ortho intramolecular Hbond substituents is 1. The van der Waals surface area contributed by atoms with E-state index in [4.69, 9.17) is 0 Å². The van der Waals surface area contributed by atoms with Crippen molar-refractivity contribution in [3.63, 3.8) is 0 Å². The van der Waals surface area contributed by atoms with Crippen LogP contribution in [0.15, 0.2) is 18.2 Å². The first kappa shape index (κ1) is 10.3. The monoisotopic (exact) mass is 291 g/mol. The van der Waals surface area contributed by atoms with E-state index >= 15 is 0 Å². The molecule has 0 fully saturated rings. The van der Waals surface area contributed by atoms with E-state index in [2.05, 4.69) is 0 Å². The second-order valence-corrected chi connectivity index (χ2v) is 3.91. The van der Waals surface area contributed by atoms with Gasteiger partial charge in [-0.1, -0.05) is 13.0 Å². The summed E-state index contributed by atoms with van der Waals surface area (Å²) in [5.41, 5.74) is 0.641. The molecule has 0 saturated carbocycles.